The molecule has 0 aliphatic carbocycles. The summed E-state index contributed by atoms with van der Waals surface area (Å²) in [5, 5.41) is 0.767. The summed E-state index contributed by atoms with van der Waals surface area (Å²) in [4.78, 5) is 14.5. The van der Waals surface area contributed by atoms with Gasteiger partial charge in [-0.1, -0.05) is 41.4 Å². The fraction of sp³-hybridized carbons (Fsp3) is 0.350. The Morgan fingerprint density at radius 1 is 1.08 bits per heavy atom. The van der Waals surface area contributed by atoms with E-state index in [-0.39, 0.29) is 28.9 Å². The monoisotopic (exact) mass is 379 g/mol. The molecule has 1 heterocycles. The second kappa shape index (κ2) is 7.35. The van der Waals surface area contributed by atoms with E-state index in [1.165, 1.54) is 6.07 Å². The smallest absolute Gasteiger partial charge is 0.223 e. The van der Waals surface area contributed by atoms with Crippen molar-refractivity contribution in [2.45, 2.75) is 44.7 Å². The Labute approximate surface area is 157 Å². The number of carbonyl (C=O) groups excluding carboxylic acids is 1. The van der Waals surface area contributed by atoms with Gasteiger partial charge in [0, 0.05) is 23.4 Å². The van der Waals surface area contributed by atoms with Gasteiger partial charge in [0.25, 0.3) is 0 Å². The third-order valence-electron chi connectivity index (χ3n) is 4.78. The van der Waals surface area contributed by atoms with Crippen LogP contribution in [0.15, 0.2) is 42.5 Å². The van der Waals surface area contributed by atoms with Crippen LogP contribution in [-0.2, 0) is 4.79 Å². The first-order chi connectivity index (χ1) is 11.9. The molecule has 1 fully saturated rings. The van der Waals surface area contributed by atoms with Crippen LogP contribution < -0.4 is 0 Å². The number of piperidine rings is 1. The van der Waals surface area contributed by atoms with E-state index in [1.807, 2.05) is 43.0 Å². The Morgan fingerprint density at radius 3 is 2.32 bits per heavy atom. The van der Waals surface area contributed by atoms with Crippen molar-refractivity contribution in [2.75, 3.05) is 0 Å². The Kier molecular flexibility index (Phi) is 5.35. The Balaban J connectivity index is 2.09. The highest BCUT2D eigenvalue weighted by Gasteiger charge is 2.39. The van der Waals surface area contributed by atoms with Crippen LogP contribution in [0.2, 0.25) is 10.0 Å². The fourth-order valence-corrected chi connectivity index (χ4v) is 3.98. The zero-order valence-electron chi connectivity index (χ0n) is 14.2. The second-order valence-electron chi connectivity index (χ2n) is 6.71. The predicted molar refractivity (Wildman–Crippen MR) is 99.6 cm³/mol. The second-order valence-corrected chi connectivity index (χ2v) is 7.55. The van der Waals surface area contributed by atoms with Gasteiger partial charge in [-0.15, -0.1) is 0 Å². The highest BCUT2D eigenvalue weighted by Crippen LogP contribution is 2.44. The van der Waals surface area contributed by atoms with Gasteiger partial charge in [0.15, 0.2) is 0 Å². The van der Waals surface area contributed by atoms with Crippen molar-refractivity contribution in [1.29, 1.82) is 0 Å². The van der Waals surface area contributed by atoms with Crippen LogP contribution in [0.5, 0.6) is 0 Å². The van der Waals surface area contributed by atoms with E-state index >= 15 is 0 Å². The van der Waals surface area contributed by atoms with Crippen LogP contribution in [0.3, 0.4) is 0 Å². The molecule has 2 aromatic carbocycles. The van der Waals surface area contributed by atoms with Crippen molar-refractivity contribution >= 4 is 29.1 Å². The first kappa shape index (κ1) is 18.2. The fourth-order valence-electron chi connectivity index (χ4n) is 3.67. The SMILES string of the molecule is CC(C)N1C(=O)CCC(c2ccc(F)c(Cl)c2)[C@H]1c1ccc(Cl)cc1. The van der Waals surface area contributed by atoms with Gasteiger partial charge in [-0.05, 0) is 55.7 Å². The molecule has 2 atom stereocenters. The molecule has 1 aliphatic heterocycles. The molecule has 2 nitrogen and oxygen atoms in total. The maximum atomic E-state index is 13.6. The molecule has 1 aliphatic rings. The van der Waals surface area contributed by atoms with Crippen LogP contribution in [0.1, 0.15) is 49.8 Å². The summed E-state index contributed by atoms with van der Waals surface area (Å²) in [5.41, 5.74) is 1.97. The summed E-state index contributed by atoms with van der Waals surface area (Å²) in [5.74, 6) is -0.236. The van der Waals surface area contributed by atoms with Gasteiger partial charge in [-0.3, -0.25) is 4.79 Å². The highest BCUT2D eigenvalue weighted by molar-refractivity contribution is 6.31. The molecule has 0 bridgehead atoms. The maximum Gasteiger partial charge on any atom is 0.223 e. The third-order valence-corrected chi connectivity index (χ3v) is 5.32. The molecule has 0 N–H and O–H groups in total. The van der Waals surface area contributed by atoms with Crippen LogP contribution in [0, 0.1) is 5.82 Å². The van der Waals surface area contributed by atoms with Gasteiger partial charge in [-0.25, -0.2) is 4.39 Å². The molecule has 0 radical (unpaired) electrons. The van der Waals surface area contributed by atoms with Crippen molar-refractivity contribution in [3.63, 3.8) is 0 Å². The first-order valence-electron chi connectivity index (χ1n) is 8.40. The van der Waals surface area contributed by atoms with Crippen LogP contribution in [0.25, 0.3) is 0 Å². The number of hydrogen-bond acceptors (Lipinski definition) is 1. The molecule has 1 unspecified atom stereocenters. The number of rotatable bonds is 3. The lowest BCUT2D eigenvalue weighted by Crippen LogP contribution is -2.45. The molecule has 25 heavy (non-hydrogen) atoms. The molecule has 2 aromatic rings. The van der Waals surface area contributed by atoms with E-state index in [9.17, 15) is 9.18 Å². The van der Waals surface area contributed by atoms with Gasteiger partial charge >= 0.3 is 0 Å². The Hall–Kier alpha value is -1.58. The molecule has 3 rings (SSSR count). The van der Waals surface area contributed by atoms with Crippen molar-refractivity contribution < 1.29 is 9.18 Å². The summed E-state index contributed by atoms with van der Waals surface area (Å²) in [6.45, 7) is 4.03. The lowest BCUT2D eigenvalue weighted by Gasteiger charge is -2.44. The van der Waals surface area contributed by atoms with Gasteiger partial charge in [0.2, 0.25) is 5.91 Å². The van der Waals surface area contributed by atoms with Gasteiger partial charge < -0.3 is 4.90 Å². The summed E-state index contributed by atoms with van der Waals surface area (Å²) in [6.07, 6.45) is 1.18. The van der Waals surface area contributed by atoms with Gasteiger partial charge in [0.1, 0.15) is 5.82 Å². The quantitative estimate of drug-likeness (QED) is 0.641. The number of hydrogen-bond donors (Lipinski definition) is 0. The van der Waals surface area contributed by atoms with E-state index in [0.29, 0.717) is 17.9 Å². The molecular formula is C20H20Cl2FNO. The van der Waals surface area contributed by atoms with Gasteiger partial charge in [0.05, 0.1) is 11.1 Å². The van der Waals surface area contributed by atoms with Crippen molar-refractivity contribution in [2.24, 2.45) is 0 Å². The number of likely N-dealkylation sites (tertiary alicyclic amines) is 1. The summed E-state index contributed by atoms with van der Waals surface area (Å²) in [6, 6.07) is 12.4. The normalized spacial score (nSPS) is 21.0. The Bertz CT molecular complexity index is 776. The number of halogens is 3. The number of nitrogens with zero attached hydrogens (tertiary/aromatic N) is 1. The standard InChI is InChI=1S/C20H20Cl2FNO/c1-12(2)24-19(25)10-8-16(14-5-9-18(23)17(22)11-14)20(24)13-3-6-15(21)7-4-13/h3-7,9,11-12,16,20H,8,10H2,1-2H3/t16?,20-/m1/s1. The number of benzene rings is 2. The highest BCUT2D eigenvalue weighted by atomic mass is 35.5. The average molecular weight is 380 g/mol. The zero-order valence-corrected chi connectivity index (χ0v) is 15.7. The molecule has 0 aromatic heterocycles. The first-order valence-corrected chi connectivity index (χ1v) is 9.15. The third kappa shape index (κ3) is 3.68. The molecule has 5 heteroatoms. The van der Waals surface area contributed by atoms with Crippen molar-refractivity contribution in [3.8, 4) is 0 Å². The van der Waals surface area contributed by atoms with Crippen molar-refractivity contribution in [3.05, 3.63) is 69.5 Å². The van der Waals surface area contributed by atoms with Crippen molar-refractivity contribution in [1.82, 2.24) is 4.90 Å². The summed E-state index contributed by atoms with van der Waals surface area (Å²) >= 11 is 12.0. The summed E-state index contributed by atoms with van der Waals surface area (Å²) < 4.78 is 13.6. The lowest BCUT2D eigenvalue weighted by atomic mass is 9.79. The Morgan fingerprint density at radius 2 is 1.72 bits per heavy atom. The molecule has 0 spiro atoms. The molecular weight excluding hydrogens is 360 g/mol. The summed E-state index contributed by atoms with van der Waals surface area (Å²) in [7, 11) is 0. The lowest BCUT2D eigenvalue weighted by molar-refractivity contribution is -0.139. The zero-order chi connectivity index (χ0) is 18.1. The number of carbonyl (C=O) groups is 1. The van der Waals surface area contributed by atoms with E-state index < -0.39 is 5.82 Å². The predicted octanol–water partition coefficient (Wildman–Crippen LogP) is 5.99. The minimum atomic E-state index is -0.430. The average Bonchev–Trinajstić information content (AvgIpc) is 2.57. The van der Waals surface area contributed by atoms with Crippen LogP contribution in [-0.4, -0.2) is 16.8 Å². The van der Waals surface area contributed by atoms with E-state index in [1.54, 1.807) is 12.1 Å². The molecule has 132 valence electrons. The molecule has 1 saturated heterocycles. The molecule has 0 saturated carbocycles. The minimum Gasteiger partial charge on any atom is -0.333 e. The minimum absolute atomic E-state index is 0.0550. The van der Waals surface area contributed by atoms with Gasteiger partial charge in [-0.2, -0.15) is 0 Å². The van der Waals surface area contributed by atoms with E-state index in [2.05, 4.69) is 0 Å². The largest absolute Gasteiger partial charge is 0.333 e. The number of amides is 1. The van der Waals surface area contributed by atoms with E-state index in [4.69, 9.17) is 23.2 Å². The van der Waals surface area contributed by atoms with Crippen LogP contribution in [0.4, 0.5) is 4.39 Å². The van der Waals surface area contributed by atoms with E-state index in [0.717, 1.165) is 11.1 Å². The molecule has 1 amide bonds. The van der Waals surface area contributed by atoms with Crippen LogP contribution >= 0.6 is 23.2 Å². The topological polar surface area (TPSA) is 20.3 Å². The maximum absolute atomic E-state index is 13.6.